The molecule has 0 unspecified atom stereocenters. The molecule has 1 aromatic heterocycles. The fourth-order valence-corrected chi connectivity index (χ4v) is 3.09. The first-order valence-corrected chi connectivity index (χ1v) is 9.41. The van der Waals surface area contributed by atoms with E-state index in [0.717, 1.165) is 12.8 Å². The van der Waals surface area contributed by atoms with E-state index in [2.05, 4.69) is 10.1 Å². The summed E-state index contributed by atoms with van der Waals surface area (Å²) in [4.78, 5) is 18.8. The Balaban J connectivity index is 1.75. The molecule has 0 spiro atoms. The highest BCUT2D eigenvalue weighted by atomic mass is 16.5. The molecule has 2 aromatic rings. The summed E-state index contributed by atoms with van der Waals surface area (Å²) in [5.74, 6) is 2.87. The summed E-state index contributed by atoms with van der Waals surface area (Å²) in [6, 6.07) is 3.69. The minimum Gasteiger partial charge on any atom is -0.493 e. The van der Waals surface area contributed by atoms with Crippen LogP contribution in [0, 0.1) is 5.92 Å². The Hall–Kier alpha value is -2.77. The van der Waals surface area contributed by atoms with Crippen molar-refractivity contribution in [3.05, 3.63) is 18.0 Å². The number of hydrogen-bond donors (Lipinski definition) is 0. The predicted octanol–water partition coefficient (Wildman–Crippen LogP) is 2.95. The molecule has 0 N–H and O–H groups in total. The van der Waals surface area contributed by atoms with Gasteiger partial charge in [0.1, 0.15) is 0 Å². The molecule has 1 aromatic carbocycles. The molecule has 1 saturated carbocycles. The summed E-state index contributed by atoms with van der Waals surface area (Å²) in [6.07, 6.45) is 2.50. The summed E-state index contributed by atoms with van der Waals surface area (Å²) < 4.78 is 21.5. The van der Waals surface area contributed by atoms with Gasteiger partial charge in [-0.25, -0.2) is 0 Å². The van der Waals surface area contributed by atoms with Crippen molar-refractivity contribution in [2.24, 2.45) is 5.92 Å². The first-order chi connectivity index (χ1) is 13.5. The van der Waals surface area contributed by atoms with Crippen LogP contribution in [0.25, 0.3) is 11.4 Å². The SMILES string of the molecule is COc1cc(-c2noc(CCN(C(=O)C3CC3)C(C)C)n2)cc(OC)c1OC. The van der Waals surface area contributed by atoms with Gasteiger partial charge in [-0.15, -0.1) is 0 Å². The van der Waals surface area contributed by atoms with Crippen LogP contribution in [-0.4, -0.2) is 54.9 Å². The number of methoxy groups -OCH3 is 3. The number of ether oxygens (including phenoxy) is 3. The van der Waals surface area contributed by atoms with Crippen LogP contribution in [0.15, 0.2) is 16.7 Å². The lowest BCUT2D eigenvalue weighted by atomic mass is 10.1. The molecule has 1 aliphatic rings. The highest BCUT2D eigenvalue weighted by molar-refractivity contribution is 5.81. The van der Waals surface area contributed by atoms with E-state index in [1.165, 1.54) is 0 Å². The van der Waals surface area contributed by atoms with Crippen LogP contribution in [-0.2, 0) is 11.2 Å². The van der Waals surface area contributed by atoms with Gasteiger partial charge in [0.2, 0.25) is 23.4 Å². The number of amides is 1. The molecule has 1 amide bonds. The molecule has 0 radical (unpaired) electrons. The van der Waals surface area contributed by atoms with Crippen molar-refractivity contribution in [3.8, 4) is 28.6 Å². The van der Waals surface area contributed by atoms with Gasteiger partial charge in [0, 0.05) is 30.5 Å². The van der Waals surface area contributed by atoms with Crippen LogP contribution in [0.2, 0.25) is 0 Å². The van der Waals surface area contributed by atoms with Crippen LogP contribution in [0.1, 0.15) is 32.6 Å². The number of carbonyl (C=O) groups is 1. The average molecular weight is 389 g/mol. The van der Waals surface area contributed by atoms with Crippen molar-refractivity contribution in [1.82, 2.24) is 15.0 Å². The van der Waals surface area contributed by atoms with Crippen LogP contribution in [0.5, 0.6) is 17.2 Å². The summed E-state index contributed by atoms with van der Waals surface area (Å²) in [5.41, 5.74) is 0.694. The van der Waals surface area contributed by atoms with Crippen LogP contribution in [0.3, 0.4) is 0 Å². The Morgan fingerprint density at radius 2 is 1.82 bits per heavy atom. The Morgan fingerprint density at radius 3 is 2.32 bits per heavy atom. The van der Waals surface area contributed by atoms with E-state index >= 15 is 0 Å². The van der Waals surface area contributed by atoms with Gasteiger partial charge in [-0.05, 0) is 38.8 Å². The van der Waals surface area contributed by atoms with Gasteiger partial charge in [-0.3, -0.25) is 4.79 Å². The molecule has 8 nitrogen and oxygen atoms in total. The molecule has 1 aliphatic carbocycles. The van der Waals surface area contributed by atoms with Crippen molar-refractivity contribution in [2.45, 2.75) is 39.2 Å². The molecule has 0 aliphatic heterocycles. The smallest absolute Gasteiger partial charge is 0.228 e. The minimum absolute atomic E-state index is 0.144. The molecular weight excluding hydrogens is 362 g/mol. The van der Waals surface area contributed by atoms with Crippen molar-refractivity contribution in [2.75, 3.05) is 27.9 Å². The van der Waals surface area contributed by atoms with Gasteiger partial charge in [0.15, 0.2) is 11.5 Å². The van der Waals surface area contributed by atoms with Gasteiger partial charge in [-0.2, -0.15) is 4.98 Å². The Kier molecular flexibility index (Phi) is 6.06. The van der Waals surface area contributed by atoms with E-state index < -0.39 is 0 Å². The maximum atomic E-state index is 12.4. The largest absolute Gasteiger partial charge is 0.493 e. The normalized spacial score (nSPS) is 13.5. The zero-order valence-corrected chi connectivity index (χ0v) is 17.0. The summed E-state index contributed by atoms with van der Waals surface area (Å²) in [7, 11) is 4.66. The number of hydrogen-bond acceptors (Lipinski definition) is 7. The molecule has 0 bridgehead atoms. The topological polar surface area (TPSA) is 86.9 Å². The van der Waals surface area contributed by atoms with Gasteiger partial charge in [0.05, 0.1) is 21.3 Å². The Bertz CT molecular complexity index is 804. The number of rotatable bonds is 9. The molecule has 3 rings (SSSR count). The second-order valence-electron chi connectivity index (χ2n) is 7.08. The lowest BCUT2D eigenvalue weighted by Gasteiger charge is -2.26. The zero-order chi connectivity index (χ0) is 20.3. The first kappa shape index (κ1) is 20.0. The number of aromatic nitrogens is 2. The van der Waals surface area contributed by atoms with Gasteiger partial charge in [-0.1, -0.05) is 5.16 Å². The van der Waals surface area contributed by atoms with Crippen molar-refractivity contribution in [3.63, 3.8) is 0 Å². The van der Waals surface area contributed by atoms with E-state index in [9.17, 15) is 4.79 Å². The molecule has 0 atom stereocenters. The van der Waals surface area contributed by atoms with E-state index in [0.29, 0.717) is 47.5 Å². The number of carbonyl (C=O) groups excluding carboxylic acids is 1. The van der Waals surface area contributed by atoms with Crippen LogP contribution < -0.4 is 14.2 Å². The van der Waals surface area contributed by atoms with Crippen molar-refractivity contribution >= 4 is 5.91 Å². The predicted molar refractivity (Wildman–Crippen MR) is 103 cm³/mol. The molecule has 0 saturated heterocycles. The number of nitrogens with zero attached hydrogens (tertiary/aromatic N) is 3. The number of benzene rings is 1. The van der Waals surface area contributed by atoms with Crippen molar-refractivity contribution < 1.29 is 23.5 Å². The third-order valence-electron chi connectivity index (χ3n) is 4.79. The maximum Gasteiger partial charge on any atom is 0.228 e. The van der Waals surface area contributed by atoms with Crippen LogP contribution in [0.4, 0.5) is 0 Å². The van der Waals surface area contributed by atoms with Crippen molar-refractivity contribution in [1.29, 1.82) is 0 Å². The molecule has 8 heteroatoms. The molecule has 1 heterocycles. The van der Waals surface area contributed by atoms with Gasteiger partial charge >= 0.3 is 0 Å². The second kappa shape index (κ2) is 8.50. The highest BCUT2D eigenvalue weighted by Gasteiger charge is 2.34. The fourth-order valence-electron chi connectivity index (χ4n) is 3.09. The monoisotopic (exact) mass is 389 g/mol. The average Bonchev–Trinajstić information content (AvgIpc) is 3.44. The minimum atomic E-state index is 0.144. The molecule has 152 valence electrons. The Labute approximate surface area is 164 Å². The summed E-state index contributed by atoms with van der Waals surface area (Å²) >= 11 is 0. The summed E-state index contributed by atoms with van der Waals surface area (Å²) in [6.45, 7) is 4.61. The Morgan fingerprint density at radius 1 is 1.18 bits per heavy atom. The lowest BCUT2D eigenvalue weighted by molar-refractivity contribution is -0.134. The highest BCUT2D eigenvalue weighted by Crippen LogP contribution is 2.40. The van der Waals surface area contributed by atoms with E-state index in [4.69, 9.17) is 18.7 Å². The van der Waals surface area contributed by atoms with E-state index in [1.54, 1.807) is 33.5 Å². The van der Waals surface area contributed by atoms with E-state index in [1.807, 2.05) is 18.7 Å². The molecule has 28 heavy (non-hydrogen) atoms. The van der Waals surface area contributed by atoms with E-state index in [-0.39, 0.29) is 17.9 Å². The standard InChI is InChI=1S/C20H27N3O5/c1-12(2)23(20(24)13-6-7-13)9-8-17-21-19(22-28-17)14-10-15(25-3)18(27-5)16(11-14)26-4/h10-13H,6-9H2,1-5H3. The maximum absolute atomic E-state index is 12.4. The third-order valence-corrected chi connectivity index (χ3v) is 4.79. The third kappa shape index (κ3) is 4.21. The van der Waals surface area contributed by atoms with Gasteiger partial charge in [0.25, 0.3) is 0 Å². The second-order valence-corrected chi connectivity index (χ2v) is 7.08. The van der Waals surface area contributed by atoms with Crippen LogP contribution >= 0.6 is 0 Å². The molecular formula is C20H27N3O5. The quantitative estimate of drug-likeness (QED) is 0.651. The zero-order valence-electron chi connectivity index (χ0n) is 17.0. The fraction of sp³-hybridized carbons (Fsp3) is 0.550. The molecule has 1 fully saturated rings. The first-order valence-electron chi connectivity index (χ1n) is 9.41. The van der Waals surface area contributed by atoms with Gasteiger partial charge < -0.3 is 23.6 Å². The lowest BCUT2D eigenvalue weighted by Crippen LogP contribution is -2.39. The summed E-state index contributed by atoms with van der Waals surface area (Å²) in [5, 5.41) is 4.07.